The fourth-order valence-corrected chi connectivity index (χ4v) is 2.15. The Morgan fingerprint density at radius 3 is 2.62 bits per heavy atom. The lowest BCUT2D eigenvalue weighted by Gasteiger charge is -2.09. The lowest BCUT2D eigenvalue weighted by molar-refractivity contribution is 0.102. The number of halogens is 1. The molecule has 0 spiro atoms. The number of hydrogen-bond acceptors (Lipinski definition) is 4. The summed E-state index contributed by atoms with van der Waals surface area (Å²) in [6, 6.07) is 7.12. The van der Waals surface area contributed by atoms with E-state index in [1.807, 2.05) is 26.8 Å². The molecule has 0 aliphatic heterocycles. The number of nitrogens with one attached hydrogen (secondary N) is 2. The molecule has 0 fully saturated rings. The molecule has 2 rings (SSSR count). The summed E-state index contributed by atoms with van der Waals surface area (Å²) in [5, 5.41) is 6.08. The summed E-state index contributed by atoms with van der Waals surface area (Å²) in [6.07, 6.45) is 0. The fraction of sp³-hybridized carbons (Fsp3) is 0.267. The molecule has 0 unspecified atom stereocenters. The van der Waals surface area contributed by atoms with E-state index < -0.39 is 0 Å². The van der Waals surface area contributed by atoms with Crippen molar-refractivity contribution in [1.29, 1.82) is 0 Å². The zero-order valence-corrected chi connectivity index (χ0v) is 13.0. The highest BCUT2D eigenvalue weighted by atomic mass is 35.5. The van der Waals surface area contributed by atoms with Crippen LogP contribution in [-0.4, -0.2) is 22.4 Å². The van der Waals surface area contributed by atoms with E-state index in [4.69, 9.17) is 11.6 Å². The second-order valence-corrected chi connectivity index (χ2v) is 5.09. The van der Waals surface area contributed by atoms with Gasteiger partial charge in [-0.1, -0.05) is 11.6 Å². The Labute approximate surface area is 128 Å². The third kappa shape index (κ3) is 3.92. The van der Waals surface area contributed by atoms with Gasteiger partial charge in [-0.05, 0) is 50.6 Å². The lowest BCUT2D eigenvalue weighted by Crippen LogP contribution is -2.16. The van der Waals surface area contributed by atoms with Crippen LogP contribution in [0.2, 0.25) is 5.02 Å². The predicted molar refractivity (Wildman–Crippen MR) is 85.1 cm³/mol. The Hall–Kier alpha value is -2.14. The number of hydrogen-bond donors (Lipinski definition) is 2. The molecule has 0 aromatic carbocycles. The highest BCUT2D eigenvalue weighted by Crippen LogP contribution is 2.18. The predicted octanol–water partition coefficient (Wildman–Crippen LogP) is 3.43. The number of carbonyl (C=O) groups is 1. The molecule has 5 nitrogen and oxygen atoms in total. The number of amides is 1. The smallest absolute Gasteiger partial charge is 0.277 e. The minimum absolute atomic E-state index is 0.177. The molecule has 2 aromatic heterocycles. The third-order valence-electron chi connectivity index (χ3n) is 2.76. The van der Waals surface area contributed by atoms with E-state index in [-0.39, 0.29) is 11.6 Å². The Bertz CT molecular complexity index is 652. The summed E-state index contributed by atoms with van der Waals surface area (Å²) in [6.45, 7) is 6.49. The van der Waals surface area contributed by atoms with Crippen molar-refractivity contribution >= 4 is 29.1 Å². The molecule has 6 heteroatoms. The number of rotatable bonds is 4. The number of aryl methyl sites for hydroxylation is 2. The van der Waals surface area contributed by atoms with E-state index in [1.165, 1.54) is 0 Å². The van der Waals surface area contributed by atoms with Gasteiger partial charge in [0, 0.05) is 12.2 Å². The average Bonchev–Trinajstić information content (AvgIpc) is 2.40. The van der Waals surface area contributed by atoms with Crippen LogP contribution in [0.3, 0.4) is 0 Å². The van der Waals surface area contributed by atoms with Crippen LogP contribution in [0.5, 0.6) is 0 Å². The molecule has 2 N–H and O–H groups in total. The molecule has 0 saturated heterocycles. The van der Waals surface area contributed by atoms with Crippen molar-refractivity contribution in [2.24, 2.45) is 0 Å². The largest absolute Gasteiger partial charge is 0.370 e. The van der Waals surface area contributed by atoms with Crippen molar-refractivity contribution in [3.8, 4) is 0 Å². The first-order chi connectivity index (χ1) is 9.99. The van der Waals surface area contributed by atoms with Gasteiger partial charge in [0.25, 0.3) is 5.91 Å². The molecule has 0 bridgehead atoms. The van der Waals surface area contributed by atoms with E-state index in [9.17, 15) is 4.79 Å². The first-order valence-corrected chi connectivity index (χ1v) is 7.04. The van der Waals surface area contributed by atoms with E-state index in [0.29, 0.717) is 23.2 Å². The first kappa shape index (κ1) is 15.3. The van der Waals surface area contributed by atoms with E-state index in [0.717, 1.165) is 11.3 Å². The number of pyridine rings is 2. The van der Waals surface area contributed by atoms with Crippen molar-refractivity contribution in [2.45, 2.75) is 20.8 Å². The molecule has 1 amide bonds. The SMILES string of the molecule is CCNc1ccc(Cl)c(C(=O)Nc2cc(C)cc(C)n2)n1. The molecule has 0 atom stereocenters. The second-order valence-electron chi connectivity index (χ2n) is 4.68. The van der Waals surface area contributed by atoms with Gasteiger partial charge < -0.3 is 10.6 Å². The topological polar surface area (TPSA) is 66.9 Å². The van der Waals surface area contributed by atoms with Crippen LogP contribution in [0.25, 0.3) is 0 Å². The number of carbonyl (C=O) groups excluding carboxylic acids is 1. The monoisotopic (exact) mass is 304 g/mol. The molecular weight excluding hydrogens is 288 g/mol. The third-order valence-corrected chi connectivity index (χ3v) is 3.06. The quantitative estimate of drug-likeness (QED) is 0.908. The molecule has 2 heterocycles. The standard InChI is InChI=1S/C15H17ClN4O/c1-4-17-12-6-5-11(16)14(19-12)15(21)20-13-8-9(2)7-10(3)18-13/h5-8H,4H2,1-3H3,(H,17,19)(H,18,20,21). The van der Waals surface area contributed by atoms with Crippen LogP contribution < -0.4 is 10.6 Å². The van der Waals surface area contributed by atoms with Gasteiger partial charge in [0.05, 0.1) is 5.02 Å². The summed E-state index contributed by atoms with van der Waals surface area (Å²) in [4.78, 5) is 20.8. The summed E-state index contributed by atoms with van der Waals surface area (Å²) in [5.41, 5.74) is 2.04. The van der Waals surface area contributed by atoms with Crippen LogP contribution >= 0.6 is 11.6 Å². The van der Waals surface area contributed by atoms with Gasteiger partial charge in [0.15, 0.2) is 0 Å². The molecule has 0 saturated carbocycles. The van der Waals surface area contributed by atoms with Crippen LogP contribution in [-0.2, 0) is 0 Å². The number of aromatic nitrogens is 2. The summed E-state index contributed by atoms with van der Waals surface area (Å²) < 4.78 is 0. The highest BCUT2D eigenvalue weighted by Gasteiger charge is 2.14. The molecule has 0 aliphatic carbocycles. The van der Waals surface area contributed by atoms with Crippen LogP contribution in [0.4, 0.5) is 11.6 Å². The molecule has 0 aliphatic rings. The van der Waals surface area contributed by atoms with Crippen molar-refractivity contribution in [3.63, 3.8) is 0 Å². The lowest BCUT2D eigenvalue weighted by atomic mass is 10.2. The van der Waals surface area contributed by atoms with Crippen LogP contribution in [0.15, 0.2) is 24.3 Å². The average molecular weight is 305 g/mol. The van der Waals surface area contributed by atoms with Gasteiger partial charge in [-0.2, -0.15) is 0 Å². The van der Waals surface area contributed by atoms with E-state index >= 15 is 0 Å². The molecule has 110 valence electrons. The molecule has 2 aromatic rings. The van der Waals surface area contributed by atoms with Crippen LogP contribution in [0, 0.1) is 13.8 Å². The van der Waals surface area contributed by atoms with Crippen molar-refractivity contribution < 1.29 is 4.79 Å². The summed E-state index contributed by atoms with van der Waals surface area (Å²) in [5.74, 6) is 0.724. The molecule has 21 heavy (non-hydrogen) atoms. The van der Waals surface area contributed by atoms with Gasteiger partial charge in [-0.3, -0.25) is 4.79 Å². The first-order valence-electron chi connectivity index (χ1n) is 6.66. The van der Waals surface area contributed by atoms with Crippen molar-refractivity contribution in [1.82, 2.24) is 9.97 Å². The van der Waals surface area contributed by atoms with Gasteiger partial charge in [0.2, 0.25) is 0 Å². The Kier molecular flexibility index (Phi) is 4.75. The minimum Gasteiger partial charge on any atom is -0.370 e. The zero-order valence-electron chi connectivity index (χ0n) is 12.2. The fourth-order valence-electron chi connectivity index (χ4n) is 1.96. The maximum absolute atomic E-state index is 12.3. The van der Waals surface area contributed by atoms with Crippen molar-refractivity contribution in [2.75, 3.05) is 17.2 Å². The van der Waals surface area contributed by atoms with Gasteiger partial charge in [-0.25, -0.2) is 9.97 Å². The molecular formula is C15H17ClN4O. The van der Waals surface area contributed by atoms with Gasteiger partial charge in [0.1, 0.15) is 17.3 Å². The highest BCUT2D eigenvalue weighted by molar-refractivity contribution is 6.34. The van der Waals surface area contributed by atoms with Gasteiger partial charge >= 0.3 is 0 Å². The van der Waals surface area contributed by atoms with Crippen LogP contribution in [0.1, 0.15) is 28.7 Å². The number of nitrogens with zero attached hydrogens (tertiary/aromatic N) is 2. The van der Waals surface area contributed by atoms with E-state index in [1.54, 1.807) is 18.2 Å². The second kappa shape index (κ2) is 6.54. The summed E-state index contributed by atoms with van der Waals surface area (Å²) >= 11 is 6.05. The minimum atomic E-state index is -0.378. The normalized spacial score (nSPS) is 10.3. The van der Waals surface area contributed by atoms with E-state index in [2.05, 4.69) is 20.6 Å². The maximum Gasteiger partial charge on any atom is 0.277 e. The Balaban J connectivity index is 2.25. The Morgan fingerprint density at radius 1 is 1.19 bits per heavy atom. The van der Waals surface area contributed by atoms with Crippen molar-refractivity contribution in [3.05, 3.63) is 46.2 Å². The maximum atomic E-state index is 12.3. The number of anilines is 2. The molecule has 0 radical (unpaired) electrons. The Morgan fingerprint density at radius 2 is 1.95 bits per heavy atom. The van der Waals surface area contributed by atoms with Gasteiger partial charge in [-0.15, -0.1) is 0 Å². The zero-order chi connectivity index (χ0) is 15.4. The summed E-state index contributed by atoms with van der Waals surface area (Å²) in [7, 11) is 0.